The first kappa shape index (κ1) is 18.0. The summed E-state index contributed by atoms with van der Waals surface area (Å²) in [6.07, 6.45) is 0.704. The smallest absolute Gasteiger partial charge is 0.161 e. The average Bonchev–Trinajstić information content (AvgIpc) is 3.20. The fourth-order valence-corrected chi connectivity index (χ4v) is 3.46. The van der Waals surface area contributed by atoms with Crippen LogP contribution in [0.1, 0.15) is 23.6 Å². The van der Waals surface area contributed by atoms with E-state index in [0.717, 1.165) is 22.5 Å². The maximum atomic E-state index is 13.4. The molecule has 0 radical (unpaired) electrons. The summed E-state index contributed by atoms with van der Waals surface area (Å²) in [5, 5.41) is 6.90. The number of benzene rings is 3. The van der Waals surface area contributed by atoms with Gasteiger partial charge >= 0.3 is 0 Å². The summed E-state index contributed by atoms with van der Waals surface area (Å²) in [7, 11) is 3.24. The van der Waals surface area contributed by atoms with Crippen molar-refractivity contribution in [3.05, 3.63) is 89.7 Å². The summed E-state index contributed by atoms with van der Waals surface area (Å²) in [4.78, 5) is 0. The molecule has 5 heteroatoms. The molecule has 0 aromatic heterocycles. The lowest BCUT2D eigenvalue weighted by atomic mass is 9.98. The number of ether oxygens (including phenoxy) is 2. The molecule has 4 rings (SSSR count). The SMILES string of the molecule is COc1ccc(C2=NN(c3ccccc3)[C@H](c3ccc(F)cc3)C2)cc1OC. The van der Waals surface area contributed by atoms with Crippen LogP contribution in [0.15, 0.2) is 77.9 Å². The Balaban J connectivity index is 1.74. The van der Waals surface area contributed by atoms with Crippen LogP contribution < -0.4 is 14.5 Å². The van der Waals surface area contributed by atoms with Crippen LogP contribution in [0, 0.1) is 5.82 Å². The van der Waals surface area contributed by atoms with Crippen molar-refractivity contribution < 1.29 is 13.9 Å². The van der Waals surface area contributed by atoms with E-state index in [1.165, 1.54) is 12.1 Å². The molecule has 28 heavy (non-hydrogen) atoms. The van der Waals surface area contributed by atoms with E-state index in [1.807, 2.05) is 65.7 Å². The number of para-hydroxylation sites is 1. The summed E-state index contributed by atoms with van der Waals surface area (Å²) < 4.78 is 24.2. The first-order valence-electron chi connectivity index (χ1n) is 9.09. The lowest BCUT2D eigenvalue weighted by molar-refractivity contribution is 0.355. The molecule has 1 aliphatic rings. The second-order valence-corrected chi connectivity index (χ2v) is 6.57. The van der Waals surface area contributed by atoms with Crippen molar-refractivity contribution in [2.24, 2.45) is 5.10 Å². The number of hydrogen-bond donors (Lipinski definition) is 0. The van der Waals surface area contributed by atoms with Crippen LogP contribution in [-0.2, 0) is 0 Å². The Morgan fingerprint density at radius 1 is 0.893 bits per heavy atom. The minimum atomic E-state index is -0.242. The Kier molecular flexibility index (Phi) is 4.98. The average molecular weight is 376 g/mol. The van der Waals surface area contributed by atoms with E-state index in [9.17, 15) is 4.39 Å². The van der Waals surface area contributed by atoms with Crippen LogP contribution in [0.2, 0.25) is 0 Å². The fourth-order valence-electron chi connectivity index (χ4n) is 3.46. The Morgan fingerprint density at radius 3 is 2.29 bits per heavy atom. The molecule has 1 heterocycles. The van der Waals surface area contributed by atoms with Gasteiger partial charge in [-0.1, -0.05) is 30.3 Å². The highest BCUT2D eigenvalue weighted by Gasteiger charge is 2.30. The van der Waals surface area contributed by atoms with E-state index in [1.54, 1.807) is 14.2 Å². The molecule has 0 bridgehead atoms. The van der Waals surface area contributed by atoms with Gasteiger partial charge in [-0.25, -0.2) is 4.39 Å². The van der Waals surface area contributed by atoms with Crippen molar-refractivity contribution in [1.29, 1.82) is 0 Å². The minimum absolute atomic E-state index is 0.00824. The molecule has 4 nitrogen and oxygen atoms in total. The highest BCUT2D eigenvalue weighted by molar-refractivity contribution is 6.03. The topological polar surface area (TPSA) is 34.1 Å². The zero-order valence-corrected chi connectivity index (χ0v) is 15.8. The van der Waals surface area contributed by atoms with Crippen molar-refractivity contribution >= 4 is 11.4 Å². The predicted octanol–water partition coefficient (Wildman–Crippen LogP) is 5.20. The third-order valence-corrected chi connectivity index (χ3v) is 4.90. The molecule has 1 atom stereocenters. The van der Waals surface area contributed by atoms with E-state index in [0.29, 0.717) is 17.9 Å². The Labute approximate surface area is 163 Å². The third kappa shape index (κ3) is 3.43. The molecule has 0 saturated heterocycles. The van der Waals surface area contributed by atoms with Gasteiger partial charge in [-0.2, -0.15) is 5.10 Å². The molecule has 0 unspecified atom stereocenters. The summed E-state index contributed by atoms with van der Waals surface area (Å²) in [5.41, 5.74) is 3.93. The number of hydrogen-bond acceptors (Lipinski definition) is 4. The zero-order valence-electron chi connectivity index (χ0n) is 15.8. The van der Waals surface area contributed by atoms with Crippen molar-refractivity contribution in [3.63, 3.8) is 0 Å². The molecule has 3 aromatic rings. The first-order chi connectivity index (χ1) is 13.7. The zero-order chi connectivity index (χ0) is 19.5. The second kappa shape index (κ2) is 7.72. The van der Waals surface area contributed by atoms with Crippen LogP contribution in [0.25, 0.3) is 0 Å². The van der Waals surface area contributed by atoms with Gasteiger partial charge in [0, 0.05) is 12.0 Å². The van der Waals surface area contributed by atoms with E-state index in [4.69, 9.17) is 14.6 Å². The number of rotatable bonds is 5. The summed E-state index contributed by atoms with van der Waals surface area (Å²) >= 11 is 0. The van der Waals surface area contributed by atoms with Gasteiger partial charge in [0.15, 0.2) is 11.5 Å². The molecule has 0 spiro atoms. The molecule has 0 saturated carbocycles. The Hall–Kier alpha value is -3.34. The largest absolute Gasteiger partial charge is 0.493 e. The van der Waals surface area contributed by atoms with Gasteiger partial charge < -0.3 is 9.47 Å². The molecule has 0 N–H and O–H groups in total. The highest BCUT2D eigenvalue weighted by Crippen LogP contribution is 2.38. The van der Waals surface area contributed by atoms with Gasteiger partial charge in [0.05, 0.1) is 31.7 Å². The Bertz CT molecular complexity index is 987. The maximum absolute atomic E-state index is 13.4. The summed E-state index contributed by atoms with van der Waals surface area (Å²) in [5.74, 6) is 1.10. The standard InChI is InChI=1S/C23H21FN2O2/c1-27-22-13-10-17(14-23(22)28-2)20-15-21(16-8-11-18(24)12-9-16)26(25-20)19-6-4-3-5-7-19/h3-14,21H,15H2,1-2H3/t21-/m0/s1. The van der Waals surface area contributed by atoms with E-state index < -0.39 is 0 Å². The van der Waals surface area contributed by atoms with Gasteiger partial charge in [0.25, 0.3) is 0 Å². The van der Waals surface area contributed by atoms with Gasteiger partial charge in [-0.05, 0) is 48.0 Å². The van der Waals surface area contributed by atoms with Crippen LogP contribution in [0.3, 0.4) is 0 Å². The molecule has 1 aliphatic heterocycles. The predicted molar refractivity (Wildman–Crippen MR) is 109 cm³/mol. The van der Waals surface area contributed by atoms with Gasteiger partial charge in [-0.3, -0.25) is 5.01 Å². The van der Waals surface area contributed by atoms with Gasteiger partial charge in [-0.15, -0.1) is 0 Å². The van der Waals surface area contributed by atoms with Crippen LogP contribution in [-0.4, -0.2) is 19.9 Å². The monoisotopic (exact) mass is 376 g/mol. The molecule has 0 aliphatic carbocycles. The second-order valence-electron chi connectivity index (χ2n) is 6.57. The van der Waals surface area contributed by atoms with Crippen molar-refractivity contribution in [3.8, 4) is 11.5 Å². The van der Waals surface area contributed by atoms with Gasteiger partial charge in [0.2, 0.25) is 0 Å². The van der Waals surface area contributed by atoms with E-state index in [-0.39, 0.29) is 11.9 Å². The molecule has 142 valence electrons. The molecular weight excluding hydrogens is 355 g/mol. The van der Waals surface area contributed by atoms with Gasteiger partial charge in [0.1, 0.15) is 5.82 Å². The highest BCUT2D eigenvalue weighted by atomic mass is 19.1. The Morgan fingerprint density at radius 2 is 1.61 bits per heavy atom. The number of methoxy groups -OCH3 is 2. The maximum Gasteiger partial charge on any atom is 0.161 e. The molecular formula is C23H21FN2O2. The minimum Gasteiger partial charge on any atom is -0.493 e. The van der Waals surface area contributed by atoms with Crippen LogP contribution in [0.5, 0.6) is 11.5 Å². The quantitative estimate of drug-likeness (QED) is 0.614. The van der Waals surface area contributed by atoms with E-state index >= 15 is 0 Å². The van der Waals surface area contributed by atoms with Crippen molar-refractivity contribution in [2.75, 3.05) is 19.2 Å². The lowest BCUT2D eigenvalue weighted by Gasteiger charge is -2.23. The fraction of sp³-hybridized carbons (Fsp3) is 0.174. The molecule has 0 fully saturated rings. The summed E-state index contributed by atoms with van der Waals surface area (Å²) in [6, 6.07) is 22.4. The number of nitrogens with zero attached hydrogens (tertiary/aromatic N) is 2. The lowest BCUT2D eigenvalue weighted by Crippen LogP contribution is -2.18. The van der Waals surface area contributed by atoms with Crippen molar-refractivity contribution in [1.82, 2.24) is 0 Å². The normalized spacial score (nSPS) is 16.0. The summed E-state index contributed by atoms with van der Waals surface area (Å²) in [6.45, 7) is 0. The number of halogens is 1. The number of anilines is 1. The molecule has 0 amide bonds. The number of hydrazone groups is 1. The molecule has 3 aromatic carbocycles. The third-order valence-electron chi connectivity index (χ3n) is 4.90. The van der Waals surface area contributed by atoms with E-state index in [2.05, 4.69) is 0 Å². The van der Waals surface area contributed by atoms with Crippen molar-refractivity contribution in [2.45, 2.75) is 12.5 Å². The van der Waals surface area contributed by atoms with Crippen LogP contribution >= 0.6 is 0 Å². The first-order valence-corrected chi connectivity index (χ1v) is 9.09. The van der Waals surface area contributed by atoms with Crippen LogP contribution in [0.4, 0.5) is 10.1 Å².